The van der Waals surface area contributed by atoms with Crippen molar-refractivity contribution in [1.82, 2.24) is 5.32 Å². The Morgan fingerprint density at radius 2 is 1.90 bits per heavy atom. The quantitative estimate of drug-likeness (QED) is 0.637. The summed E-state index contributed by atoms with van der Waals surface area (Å²) in [6.07, 6.45) is 1.06. The number of hydrogen-bond acceptors (Lipinski definition) is 3. The molecule has 0 aliphatic heterocycles. The topological polar surface area (TPSA) is 30.5 Å². The lowest BCUT2D eigenvalue weighted by molar-refractivity contribution is 0.0923. The smallest absolute Gasteiger partial charge is 0.142 e. The maximum Gasteiger partial charge on any atom is 0.142 e. The number of hydrogen-bond donors (Lipinski definition) is 1. The fourth-order valence-electron chi connectivity index (χ4n) is 1.79. The van der Waals surface area contributed by atoms with Crippen LogP contribution in [0, 0.1) is 5.92 Å². The molecule has 3 nitrogen and oxygen atoms in total. The van der Waals surface area contributed by atoms with Crippen molar-refractivity contribution in [2.75, 3.05) is 26.4 Å². The number of nitrogens with one attached hydrogen (secondary N) is 1. The van der Waals surface area contributed by atoms with Gasteiger partial charge in [0.15, 0.2) is 0 Å². The summed E-state index contributed by atoms with van der Waals surface area (Å²) in [5.41, 5.74) is 0.969. The molecule has 0 saturated heterocycles. The van der Waals surface area contributed by atoms with Gasteiger partial charge in [-0.2, -0.15) is 0 Å². The van der Waals surface area contributed by atoms with E-state index in [-0.39, 0.29) is 0 Å². The Balaban J connectivity index is 2.49. The van der Waals surface area contributed by atoms with Gasteiger partial charge in [0.2, 0.25) is 0 Å². The van der Waals surface area contributed by atoms with Gasteiger partial charge in [-0.25, -0.2) is 0 Å². The maximum atomic E-state index is 6.22. The molecule has 0 saturated carbocycles. The molecule has 1 rings (SSSR count). The number of benzene rings is 1. The van der Waals surface area contributed by atoms with Crippen molar-refractivity contribution in [2.24, 2.45) is 5.92 Å². The Morgan fingerprint density at radius 3 is 2.57 bits per heavy atom. The van der Waals surface area contributed by atoms with Crippen molar-refractivity contribution in [3.05, 3.63) is 27.7 Å². The van der Waals surface area contributed by atoms with Crippen LogP contribution in [0.25, 0.3) is 0 Å². The third-order valence-corrected chi connectivity index (χ3v) is 3.46. The summed E-state index contributed by atoms with van der Waals surface area (Å²) in [5, 5.41) is 4.41. The highest BCUT2D eigenvalue weighted by Gasteiger charge is 2.10. The largest absolute Gasteiger partial charge is 0.489 e. The predicted octanol–water partition coefficient (Wildman–Crippen LogP) is 4.54. The highest BCUT2D eigenvalue weighted by atomic mass is 35.5. The molecule has 1 aromatic rings. The second-order valence-electron chi connectivity index (χ2n) is 5.30. The van der Waals surface area contributed by atoms with Crippen molar-refractivity contribution in [3.8, 4) is 5.75 Å². The van der Waals surface area contributed by atoms with E-state index in [9.17, 15) is 0 Å². The first-order chi connectivity index (χ1) is 10.0. The third-order valence-electron chi connectivity index (χ3n) is 2.96. The molecular weight excluding hydrogens is 309 g/mol. The highest BCUT2D eigenvalue weighted by Crippen LogP contribution is 2.32. The molecule has 0 radical (unpaired) electrons. The van der Waals surface area contributed by atoms with Crippen LogP contribution in [-0.2, 0) is 11.3 Å². The van der Waals surface area contributed by atoms with Crippen LogP contribution in [-0.4, -0.2) is 26.4 Å². The number of halogens is 2. The van der Waals surface area contributed by atoms with E-state index in [1.807, 2.05) is 6.07 Å². The summed E-state index contributed by atoms with van der Waals surface area (Å²) in [5.74, 6) is 1.35. The number of rotatable bonds is 10. The van der Waals surface area contributed by atoms with E-state index in [1.54, 1.807) is 6.07 Å². The minimum absolute atomic E-state index is 0.485. The minimum atomic E-state index is 0.485. The monoisotopic (exact) mass is 333 g/mol. The molecule has 5 heteroatoms. The van der Waals surface area contributed by atoms with Gasteiger partial charge in [-0.3, -0.25) is 0 Å². The summed E-state index contributed by atoms with van der Waals surface area (Å²) in [4.78, 5) is 0. The molecule has 0 aliphatic rings. The summed E-state index contributed by atoms with van der Waals surface area (Å²) in [6, 6.07) is 3.58. The molecule has 0 atom stereocenters. The van der Waals surface area contributed by atoms with E-state index in [1.165, 1.54) is 0 Å². The Kier molecular flexibility index (Phi) is 9.09. The van der Waals surface area contributed by atoms with Crippen LogP contribution in [0.1, 0.15) is 32.8 Å². The fraction of sp³-hybridized carbons (Fsp3) is 0.625. The van der Waals surface area contributed by atoms with E-state index < -0.39 is 0 Å². The average Bonchev–Trinajstić information content (AvgIpc) is 2.41. The van der Waals surface area contributed by atoms with Gasteiger partial charge in [-0.15, -0.1) is 0 Å². The molecule has 1 aromatic carbocycles. The Hall–Kier alpha value is -0.480. The van der Waals surface area contributed by atoms with Gasteiger partial charge in [0.25, 0.3) is 0 Å². The van der Waals surface area contributed by atoms with E-state index in [0.29, 0.717) is 41.5 Å². The minimum Gasteiger partial charge on any atom is -0.489 e. The first kappa shape index (κ1) is 18.6. The second-order valence-corrected chi connectivity index (χ2v) is 6.14. The third kappa shape index (κ3) is 7.37. The molecule has 0 amide bonds. The van der Waals surface area contributed by atoms with Gasteiger partial charge in [0.05, 0.1) is 11.6 Å². The van der Waals surface area contributed by atoms with Crippen LogP contribution >= 0.6 is 23.2 Å². The van der Waals surface area contributed by atoms with Gasteiger partial charge in [-0.05, 0) is 31.0 Å². The van der Waals surface area contributed by atoms with Gasteiger partial charge < -0.3 is 14.8 Å². The van der Waals surface area contributed by atoms with Gasteiger partial charge in [-0.1, -0.05) is 44.0 Å². The molecule has 0 fully saturated rings. The normalized spacial score (nSPS) is 11.1. The zero-order valence-electron chi connectivity index (χ0n) is 13.0. The first-order valence-electron chi connectivity index (χ1n) is 7.43. The van der Waals surface area contributed by atoms with Crippen molar-refractivity contribution in [3.63, 3.8) is 0 Å². The fourth-order valence-corrected chi connectivity index (χ4v) is 2.38. The average molecular weight is 334 g/mol. The molecule has 1 N–H and O–H groups in total. The van der Waals surface area contributed by atoms with Gasteiger partial charge >= 0.3 is 0 Å². The molecule has 21 heavy (non-hydrogen) atoms. The molecule has 120 valence electrons. The molecule has 0 heterocycles. The van der Waals surface area contributed by atoms with Crippen LogP contribution in [0.5, 0.6) is 5.75 Å². The van der Waals surface area contributed by atoms with E-state index >= 15 is 0 Å². The van der Waals surface area contributed by atoms with Crippen LogP contribution in [0.15, 0.2) is 12.1 Å². The summed E-state index contributed by atoms with van der Waals surface area (Å²) < 4.78 is 11.3. The summed E-state index contributed by atoms with van der Waals surface area (Å²) >= 11 is 12.3. The van der Waals surface area contributed by atoms with Crippen molar-refractivity contribution in [2.45, 2.75) is 33.7 Å². The van der Waals surface area contributed by atoms with E-state index in [0.717, 1.165) is 25.1 Å². The van der Waals surface area contributed by atoms with Crippen molar-refractivity contribution in [1.29, 1.82) is 0 Å². The van der Waals surface area contributed by atoms with E-state index in [4.69, 9.17) is 32.7 Å². The van der Waals surface area contributed by atoms with Crippen LogP contribution in [0.3, 0.4) is 0 Å². The number of ether oxygens (including phenoxy) is 2. The van der Waals surface area contributed by atoms with Gasteiger partial charge in [0.1, 0.15) is 12.4 Å². The van der Waals surface area contributed by atoms with Crippen molar-refractivity contribution < 1.29 is 9.47 Å². The lowest BCUT2D eigenvalue weighted by Gasteiger charge is -2.14. The lowest BCUT2D eigenvalue weighted by atomic mass is 10.1. The predicted molar refractivity (Wildman–Crippen MR) is 89.6 cm³/mol. The summed E-state index contributed by atoms with van der Waals surface area (Å²) in [7, 11) is 0. The summed E-state index contributed by atoms with van der Waals surface area (Å²) in [6.45, 7) is 9.78. The molecule has 0 spiro atoms. The Labute approximate surface area is 137 Å². The molecule has 0 aliphatic carbocycles. The standard InChI is InChI=1S/C16H25Cl2NO2/c1-4-19-11-13-9-14(17)10-15(18)16(13)21-8-7-20-6-5-12(2)3/h9-10,12,19H,4-8,11H2,1-3H3. The molecular formula is C16H25Cl2NO2. The van der Waals surface area contributed by atoms with Crippen LogP contribution in [0.2, 0.25) is 10.0 Å². The molecule has 0 aromatic heterocycles. The second kappa shape index (κ2) is 10.3. The lowest BCUT2D eigenvalue weighted by Crippen LogP contribution is -2.14. The van der Waals surface area contributed by atoms with Crippen molar-refractivity contribution >= 4 is 23.2 Å². The van der Waals surface area contributed by atoms with E-state index in [2.05, 4.69) is 26.1 Å². The maximum absolute atomic E-state index is 6.22. The Morgan fingerprint density at radius 1 is 1.14 bits per heavy atom. The van der Waals surface area contributed by atoms with Crippen LogP contribution in [0.4, 0.5) is 0 Å². The Bertz CT molecular complexity index is 425. The molecule has 0 bridgehead atoms. The first-order valence-corrected chi connectivity index (χ1v) is 8.19. The zero-order chi connectivity index (χ0) is 15.7. The zero-order valence-corrected chi connectivity index (χ0v) is 14.6. The highest BCUT2D eigenvalue weighted by molar-refractivity contribution is 6.35. The molecule has 0 unspecified atom stereocenters. The van der Waals surface area contributed by atoms with Crippen LogP contribution < -0.4 is 10.1 Å². The SMILES string of the molecule is CCNCc1cc(Cl)cc(Cl)c1OCCOCCC(C)C. The van der Waals surface area contributed by atoms with Gasteiger partial charge in [0, 0.05) is 23.7 Å².